The number of hydrogen-bond acceptors (Lipinski definition) is 6. The lowest BCUT2D eigenvalue weighted by molar-refractivity contribution is 0.0696. The minimum Gasteiger partial charge on any atom is -0.478 e. The number of rotatable bonds is 7. The zero-order valence-electron chi connectivity index (χ0n) is 13.9. The van der Waals surface area contributed by atoms with Gasteiger partial charge in [0.2, 0.25) is 10.0 Å². The number of thioether (sulfide) groups is 1. The van der Waals surface area contributed by atoms with Crippen molar-refractivity contribution in [3.8, 4) is 11.5 Å². The van der Waals surface area contributed by atoms with E-state index in [0.29, 0.717) is 22.2 Å². The van der Waals surface area contributed by atoms with Crippen LogP contribution in [0.2, 0.25) is 0 Å². The van der Waals surface area contributed by atoms with Gasteiger partial charge in [-0.1, -0.05) is 18.2 Å². The van der Waals surface area contributed by atoms with Crippen LogP contribution in [0.1, 0.15) is 16.1 Å². The van der Waals surface area contributed by atoms with Crippen LogP contribution < -0.4 is 9.88 Å². The van der Waals surface area contributed by atoms with Crippen LogP contribution in [0, 0.1) is 0 Å². The Morgan fingerprint density at radius 2 is 1.89 bits per heavy atom. The first-order chi connectivity index (χ1) is 12.8. The van der Waals surface area contributed by atoms with E-state index in [1.54, 1.807) is 42.5 Å². The Bertz CT molecular complexity index is 1050. The molecule has 140 valence electrons. The Hall–Kier alpha value is -2.75. The maximum atomic E-state index is 12.1. The number of benzene rings is 2. The molecule has 2 aromatic carbocycles. The van der Waals surface area contributed by atoms with Gasteiger partial charge in [0.05, 0.1) is 22.5 Å². The minimum atomic E-state index is -4.23. The molecular formula is C18H15NO6S2. The highest BCUT2D eigenvalue weighted by Crippen LogP contribution is 2.40. The number of hydrogen-bond donors (Lipinski definition) is 2. The van der Waals surface area contributed by atoms with Gasteiger partial charge >= 0.3 is 5.97 Å². The molecular weight excluding hydrogens is 390 g/mol. The Labute approximate surface area is 159 Å². The number of carboxylic acids is 1. The van der Waals surface area contributed by atoms with Gasteiger partial charge in [0.1, 0.15) is 16.4 Å². The van der Waals surface area contributed by atoms with E-state index in [0.717, 1.165) is 6.07 Å². The highest BCUT2D eigenvalue weighted by Gasteiger charge is 2.24. The molecule has 0 aliphatic rings. The van der Waals surface area contributed by atoms with E-state index in [1.165, 1.54) is 24.1 Å². The second-order valence-electron chi connectivity index (χ2n) is 5.43. The predicted octanol–water partition coefficient (Wildman–Crippen LogP) is 3.71. The zero-order valence-corrected chi connectivity index (χ0v) is 15.5. The molecule has 0 fully saturated rings. The Morgan fingerprint density at radius 3 is 2.48 bits per heavy atom. The SMILES string of the molecule is NS(=O)(=O)c1cc(C(=O)O)cc(SCc2ccco2)c1Oc1ccccc1. The molecule has 0 atom stereocenters. The van der Waals surface area contributed by atoms with Crippen molar-refractivity contribution in [2.24, 2.45) is 5.14 Å². The molecule has 3 N–H and O–H groups in total. The summed E-state index contributed by atoms with van der Waals surface area (Å²) >= 11 is 1.18. The monoisotopic (exact) mass is 405 g/mol. The van der Waals surface area contributed by atoms with Crippen LogP contribution in [0.4, 0.5) is 0 Å². The fraction of sp³-hybridized carbons (Fsp3) is 0.0556. The van der Waals surface area contributed by atoms with Gasteiger partial charge in [-0.05, 0) is 36.4 Å². The molecule has 0 aliphatic heterocycles. The number of furan rings is 1. The quantitative estimate of drug-likeness (QED) is 0.575. The lowest BCUT2D eigenvalue weighted by atomic mass is 10.2. The van der Waals surface area contributed by atoms with Crippen LogP contribution in [0.3, 0.4) is 0 Å². The molecule has 0 saturated heterocycles. The van der Waals surface area contributed by atoms with Crippen LogP contribution >= 0.6 is 11.8 Å². The third-order valence-electron chi connectivity index (χ3n) is 3.49. The van der Waals surface area contributed by atoms with E-state index in [-0.39, 0.29) is 11.3 Å². The second-order valence-corrected chi connectivity index (χ2v) is 7.98. The van der Waals surface area contributed by atoms with E-state index < -0.39 is 20.9 Å². The summed E-state index contributed by atoms with van der Waals surface area (Å²) in [7, 11) is -4.23. The predicted molar refractivity (Wildman–Crippen MR) is 99.6 cm³/mol. The smallest absolute Gasteiger partial charge is 0.335 e. The van der Waals surface area contributed by atoms with Crippen molar-refractivity contribution in [3.63, 3.8) is 0 Å². The van der Waals surface area contributed by atoms with Gasteiger partial charge in [-0.3, -0.25) is 0 Å². The van der Waals surface area contributed by atoms with E-state index in [9.17, 15) is 18.3 Å². The molecule has 1 aromatic heterocycles. The third-order valence-corrected chi connectivity index (χ3v) is 5.45. The maximum absolute atomic E-state index is 12.1. The van der Waals surface area contributed by atoms with Crippen molar-refractivity contribution in [1.29, 1.82) is 0 Å². The van der Waals surface area contributed by atoms with Crippen LogP contribution in [0.15, 0.2) is 75.1 Å². The Balaban J connectivity index is 2.11. The molecule has 0 spiro atoms. The molecule has 7 nitrogen and oxygen atoms in total. The van der Waals surface area contributed by atoms with Crippen molar-refractivity contribution in [3.05, 3.63) is 72.2 Å². The fourth-order valence-corrected chi connectivity index (χ4v) is 3.99. The summed E-state index contributed by atoms with van der Waals surface area (Å²) in [6.07, 6.45) is 1.51. The maximum Gasteiger partial charge on any atom is 0.335 e. The summed E-state index contributed by atoms with van der Waals surface area (Å²) in [5, 5.41) is 14.6. The van der Waals surface area contributed by atoms with Crippen molar-refractivity contribution in [2.75, 3.05) is 0 Å². The molecule has 1 heterocycles. The summed E-state index contributed by atoms with van der Waals surface area (Å²) in [5.74, 6) is 0.0933. The molecule has 0 aliphatic carbocycles. The molecule has 3 rings (SSSR count). The van der Waals surface area contributed by atoms with Gasteiger partial charge in [0, 0.05) is 0 Å². The highest BCUT2D eigenvalue weighted by molar-refractivity contribution is 7.98. The fourth-order valence-electron chi connectivity index (χ4n) is 2.27. The summed E-state index contributed by atoms with van der Waals surface area (Å²) in [6, 6.07) is 14.4. The van der Waals surface area contributed by atoms with Crippen molar-refractivity contribution >= 4 is 27.8 Å². The molecule has 0 radical (unpaired) electrons. The number of carboxylic acid groups (broad SMARTS) is 1. The summed E-state index contributed by atoms with van der Waals surface area (Å²) < 4.78 is 35.2. The number of carbonyl (C=O) groups is 1. The average molecular weight is 405 g/mol. The van der Waals surface area contributed by atoms with Crippen molar-refractivity contribution < 1.29 is 27.5 Å². The number of para-hydroxylation sites is 1. The zero-order chi connectivity index (χ0) is 19.4. The molecule has 0 bridgehead atoms. The largest absolute Gasteiger partial charge is 0.478 e. The molecule has 3 aromatic rings. The highest BCUT2D eigenvalue weighted by atomic mass is 32.2. The van der Waals surface area contributed by atoms with E-state index in [4.69, 9.17) is 14.3 Å². The average Bonchev–Trinajstić information content (AvgIpc) is 3.14. The van der Waals surface area contributed by atoms with Gasteiger partial charge in [0.15, 0.2) is 5.75 Å². The van der Waals surface area contributed by atoms with Crippen molar-refractivity contribution in [1.82, 2.24) is 0 Å². The summed E-state index contributed by atoms with van der Waals surface area (Å²) in [5.41, 5.74) is -0.207. The topological polar surface area (TPSA) is 120 Å². The van der Waals surface area contributed by atoms with Crippen LogP contribution in [0.25, 0.3) is 0 Å². The molecule has 0 saturated carbocycles. The number of nitrogens with two attached hydrogens (primary N) is 1. The van der Waals surface area contributed by atoms with Gasteiger partial charge in [0.25, 0.3) is 0 Å². The van der Waals surface area contributed by atoms with E-state index in [1.807, 2.05) is 0 Å². The van der Waals surface area contributed by atoms with Crippen LogP contribution in [0.5, 0.6) is 11.5 Å². The lowest BCUT2D eigenvalue weighted by Crippen LogP contribution is -2.15. The molecule has 0 amide bonds. The summed E-state index contributed by atoms with van der Waals surface area (Å²) in [6.45, 7) is 0. The number of primary sulfonamides is 1. The van der Waals surface area contributed by atoms with Crippen LogP contribution in [-0.2, 0) is 15.8 Å². The Morgan fingerprint density at radius 1 is 1.15 bits per heavy atom. The molecule has 9 heteroatoms. The van der Waals surface area contributed by atoms with Crippen molar-refractivity contribution in [2.45, 2.75) is 15.5 Å². The number of sulfonamides is 1. The second kappa shape index (κ2) is 7.87. The summed E-state index contributed by atoms with van der Waals surface area (Å²) in [4.78, 5) is 11.4. The minimum absolute atomic E-state index is 0.0229. The van der Waals surface area contributed by atoms with E-state index in [2.05, 4.69) is 0 Å². The molecule has 27 heavy (non-hydrogen) atoms. The first kappa shape index (κ1) is 19.0. The Kier molecular flexibility index (Phi) is 5.54. The first-order valence-electron chi connectivity index (χ1n) is 7.67. The lowest BCUT2D eigenvalue weighted by Gasteiger charge is -2.15. The van der Waals surface area contributed by atoms with E-state index >= 15 is 0 Å². The molecule has 0 unspecified atom stereocenters. The number of ether oxygens (including phenoxy) is 1. The van der Waals surface area contributed by atoms with Gasteiger partial charge in [-0.15, -0.1) is 11.8 Å². The van der Waals surface area contributed by atoms with Crippen LogP contribution in [-0.4, -0.2) is 19.5 Å². The normalized spacial score (nSPS) is 11.3. The number of aromatic carboxylic acids is 1. The third kappa shape index (κ3) is 4.70. The first-order valence-corrected chi connectivity index (χ1v) is 10.2. The van der Waals surface area contributed by atoms with Gasteiger partial charge in [-0.2, -0.15) is 0 Å². The van der Waals surface area contributed by atoms with Gasteiger partial charge < -0.3 is 14.3 Å². The van der Waals surface area contributed by atoms with Gasteiger partial charge in [-0.25, -0.2) is 18.4 Å². The standard InChI is InChI=1S/C18H15NO6S2/c19-27(22,23)16-10-12(18(20)21)9-15(26-11-14-7-4-8-24-14)17(16)25-13-5-2-1-3-6-13/h1-10H,11H2,(H,20,21)(H2,19,22,23).